The minimum Gasteiger partial charge on any atom is -0.382 e. The van der Waals surface area contributed by atoms with Crippen LogP contribution >= 0.6 is 0 Å². The van der Waals surface area contributed by atoms with E-state index in [1.54, 1.807) is 48.7 Å². The average molecular weight is 395 g/mol. The molecule has 1 atom stereocenters. The predicted molar refractivity (Wildman–Crippen MR) is 109 cm³/mol. The van der Waals surface area contributed by atoms with Crippen molar-refractivity contribution in [1.82, 2.24) is 9.88 Å². The minimum atomic E-state index is -0.987. The molecule has 6 heteroatoms. The molecule has 2 aromatic carbocycles. The molecule has 2 heterocycles. The third-order valence-electron chi connectivity index (χ3n) is 5.29. The molecular weight excluding hydrogens is 372 g/mol. The van der Waals surface area contributed by atoms with Gasteiger partial charge in [-0.05, 0) is 35.9 Å². The van der Waals surface area contributed by atoms with Gasteiger partial charge in [0.15, 0.2) is 0 Å². The molecule has 1 aliphatic rings. The van der Waals surface area contributed by atoms with E-state index in [4.69, 9.17) is 0 Å². The van der Waals surface area contributed by atoms with Crippen LogP contribution in [0.2, 0.25) is 0 Å². The molecule has 3 aromatic rings. The molecule has 0 amide bonds. The van der Waals surface area contributed by atoms with Crippen LogP contribution in [0.4, 0.5) is 14.5 Å². The van der Waals surface area contributed by atoms with Gasteiger partial charge in [0.05, 0.1) is 11.4 Å². The minimum absolute atomic E-state index is 0.239. The number of halogens is 2. The number of hydrogen-bond acceptors (Lipinski definition) is 4. The molecule has 0 bridgehead atoms. The second-order valence-electron chi connectivity index (χ2n) is 7.22. The third kappa shape index (κ3) is 4.44. The Morgan fingerprint density at radius 1 is 0.897 bits per heavy atom. The van der Waals surface area contributed by atoms with Gasteiger partial charge in [0, 0.05) is 44.5 Å². The summed E-state index contributed by atoms with van der Waals surface area (Å²) < 4.78 is 27.9. The van der Waals surface area contributed by atoms with Gasteiger partial charge in [-0.25, -0.2) is 8.78 Å². The Hall–Kier alpha value is -2.83. The Balaban J connectivity index is 1.49. The SMILES string of the molecule is O[C@@H](c1ccccn1)c1cccc(F)c1N1CCN(Cc2ccc(F)cc2)CC1. The quantitative estimate of drug-likeness (QED) is 0.714. The van der Waals surface area contributed by atoms with Gasteiger partial charge in [-0.2, -0.15) is 0 Å². The molecule has 1 aliphatic heterocycles. The summed E-state index contributed by atoms with van der Waals surface area (Å²) in [6, 6.07) is 16.6. The summed E-state index contributed by atoms with van der Waals surface area (Å²) >= 11 is 0. The van der Waals surface area contributed by atoms with Crippen molar-refractivity contribution in [1.29, 1.82) is 0 Å². The van der Waals surface area contributed by atoms with E-state index in [1.807, 2.05) is 4.90 Å². The van der Waals surface area contributed by atoms with Crippen LogP contribution in [0.3, 0.4) is 0 Å². The molecule has 0 radical (unpaired) electrons. The number of piperazine rings is 1. The van der Waals surface area contributed by atoms with Gasteiger partial charge in [0.25, 0.3) is 0 Å². The Morgan fingerprint density at radius 2 is 1.66 bits per heavy atom. The maximum Gasteiger partial charge on any atom is 0.146 e. The second kappa shape index (κ2) is 8.68. The van der Waals surface area contributed by atoms with Crippen molar-refractivity contribution in [2.45, 2.75) is 12.6 Å². The Labute approximate surface area is 169 Å². The van der Waals surface area contributed by atoms with Crippen LogP contribution in [0.5, 0.6) is 0 Å². The molecule has 0 saturated carbocycles. The lowest BCUT2D eigenvalue weighted by Crippen LogP contribution is -2.46. The zero-order valence-electron chi connectivity index (χ0n) is 16.0. The predicted octanol–water partition coefficient (Wildman–Crippen LogP) is 3.76. The van der Waals surface area contributed by atoms with Crippen molar-refractivity contribution in [3.05, 3.63) is 95.3 Å². The van der Waals surface area contributed by atoms with E-state index in [0.717, 1.165) is 25.2 Å². The number of aliphatic hydroxyl groups excluding tert-OH is 1. The molecule has 1 aromatic heterocycles. The average Bonchev–Trinajstić information content (AvgIpc) is 2.76. The van der Waals surface area contributed by atoms with E-state index in [9.17, 15) is 13.9 Å². The van der Waals surface area contributed by atoms with Crippen LogP contribution in [-0.2, 0) is 6.54 Å². The summed E-state index contributed by atoms with van der Waals surface area (Å²) in [6.45, 7) is 3.53. The summed E-state index contributed by atoms with van der Waals surface area (Å²) in [5.41, 5.74) is 2.51. The van der Waals surface area contributed by atoms with Gasteiger partial charge < -0.3 is 10.0 Å². The number of hydrogen-bond donors (Lipinski definition) is 1. The molecule has 1 saturated heterocycles. The standard InChI is InChI=1S/C23H23F2N3O/c24-18-9-7-17(8-10-18)16-27-12-14-28(15-13-27)22-19(4-3-5-20(22)25)23(29)21-6-1-2-11-26-21/h1-11,23,29H,12-16H2/t23-/m1/s1. The van der Waals surface area contributed by atoms with Crippen molar-refractivity contribution in [2.24, 2.45) is 0 Å². The first-order valence-corrected chi connectivity index (χ1v) is 9.71. The smallest absolute Gasteiger partial charge is 0.146 e. The summed E-state index contributed by atoms with van der Waals surface area (Å²) in [7, 11) is 0. The molecule has 1 N–H and O–H groups in total. The van der Waals surface area contributed by atoms with Gasteiger partial charge in [0.2, 0.25) is 0 Å². The molecule has 0 spiro atoms. The lowest BCUT2D eigenvalue weighted by Gasteiger charge is -2.37. The zero-order valence-corrected chi connectivity index (χ0v) is 16.0. The largest absolute Gasteiger partial charge is 0.382 e. The monoisotopic (exact) mass is 395 g/mol. The lowest BCUT2D eigenvalue weighted by atomic mass is 10.0. The number of aromatic nitrogens is 1. The highest BCUT2D eigenvalue weighted by molar-refractivity contribution is 5.57. The van der Waals surface area contributed by atoms with Gasteiger partial charge in [-0.1, -0.05) is 30.3 Å². The number of aliphatic hydroxyl groups is 1. The van der Waals surface area contributed by atoms with Crippen LogP contribution in [0.25, 0.3) is 0 Å². The van der Waals surface area contributed by atoms with Crippen molar-refractivity contribution in [2.75, 3.05) is 31.1 Å². The second-order valence-corrected chi connectivity index (χ2v) is 7.22. The fraction of sp³-hybridized carbons (Fsp3) is 0.261. The molecule has 4 nitrogen and oxygen atoms in total. The molecule has 150 valence electrons. The van der Waals surface area contributed by atoms with E-state index >= 15 is 0 Å². The fourth-order valence-electron chi connectivity index (χ4n) is 3.76. The van der Waals surface area contributed by atoms with Crippen molar-refractivity contribution >= 4 is 5.69 Å². The first kappa shape index (κ1) is 19.5. The summed E-state index contributed by atoms with van der Waals surface area (Å²) in [5, 5.41) is 10.8. The summed E-state index contributed by atoms with van der Waals surface area (Å²) in [5.74, 6) is -0.582. The van der Waals surface area contributed by atoms with Gasteiger partial charge in [-0.15, -0.1) is 0 Å². The highest BCUT2D eigenvalue weighted by Gasteiger charge is 2.25. The van der Waals surface area contributed by atoms with Gasteiger partial charge >= 0.3 is 0 Å². The van der Waals surface area contributed by atoms with E-state index in [1.165, 1.54) is 18.2 Å². The topological polar surface area (TPSA) is 39.6 Å². The highest BCUT2D eigenvalue weighted by atomic mass is 19.1. The Kier molecular flexibility index (Phi) is 5.83. The van der Waals surface area contributed by atoms with Crippen LogP contribution < -0.4 is 4.90 Å². The Bertz CT molecular complexity index is 942. The lowest BCUT2D eigenvalue weighted by molar-refractivity contribution is 0.213. The molecule has 0 unspecified atom stereocenters. The maximum absolute atomic E-state index is 14.8. The van der Waals surface area contributed by atoms with Gasteiger partial charge in [0.1, 0.15) is 17.7 Å². The number of nitrogens with zero attached hydrogens (tertiary/aromatic N) is 3. The van der Waals surface area contributed by atoms with Crippen LogP contribution in [-0.4, -0.2) is 41.2 Å². The fourth-order valence-corrected chi connectivity index (χ4v) is 3.76. The van der Waals surface area contributed by atoms with Crippen LogP contribution in [0.15, 0.2) is 66.9 Å². The number of anilines is 1. The molecule has 4 rings (SSSR count). The van der Waals surface area contributed by atoms with Crippen LogP contribution in [0, 0.1) is 11.6 Å². The molecular formula is C23H23F2N3O. The molecule has 1 fully saturated rings. The van der Waals surface area contributed by atoms with Crippen molar-refractivity contribution < 1.29 is 13.9 Å². The van der Waals surface area contributed by atoms with E-state index in [-0.39, 0.29) is 11.6 Å². The summed E-state index contributed by atoms with van der Waals surface area (Å²) in [4.78, 5) is 8.46. The molecule has 29 heavy (non-hydrogen) atoms. The third-order valence-corrected chi connectivity index (χ3v) is 5.29. The zero-order chi connectivity index (χ0) is 20.2. The van der Waals surface area contributed by atoms with E-state index in [2.05, 4.69) is 9.88 Å². The van der Waals surface area contributed by atoms with Crippen molar-refractivity contribution in [3.8, 4) is 0 Å². The highest BCUT2D eigenvalue weighted by Crippen LogP contribution is 2.33. The summed E-state index contributed by atoms with van der Waals surface area (Å²) in [6.07, 6.45) is 0.630. The van der Waals surface area contributed by atoms with Crippen LogP contribution in [0.1, 0.15) is 22.9 Å². The molecule has 0 aliphatic carbocycles. The first-order chi connectivity index (χ1) is 14.1. The number of para-hydroxylation sites is 1. The number of benzene rings is 2. The number of rotatable bonds is 5. The van der Waals surface area contributed by atoms with E-state index in [0.29, 0.717) is 30.0 Å². The maximum atomic E-state index is 14.8. The number of pyridine rings is 1. The van der Waals surface area contributed by atoms with E-state index < -0.39 is 6.10 Å². The first-order valence-electron chi connectivity index (χ1n) is 9.71. The van der Waals surface area contributed by atoms with Gasteiger partial charge in [-0.3, -0.25) is 9.88 Å². The van der Waals surface area contributed by atoms with Crippen molar-refractivity contribution in [3.63, 3.8) is 0 Å². The normalized spacial score (nSPS) is 16.0. The Morgan fingerprint density at radius 3 is 2.34 bits per heavy atom.